The van der Waals surface area contributed by atoms with Gasteiger partial charge in [0.15, 0.2) is 0 Å². The lowest BCUT2D eigenvalue weighted by Crippen LogP contribution is -2.29. The molecule has 1 fully saturated rings. The van der Waals surface area contributed by atoms with Crippen LogP contribution in [0.4, 0.5) is 0 Å². The number of benzene rings is 1. The van der Waals surface area contributed by atoms with E-state index in [0.29, 0.717) is 5.92 Å². The Bertz CT molecular complexity index is 398. The summed E-state index contributed by atoms with van der Waals surface area (Å²) in [6.07, 6.45) is 2.51. The Hall–Kier alpha value is -0.900. The molecule has 1 N–H and O–H groups in total. The van der Waals surface area contributed by atoms with Crippen molar-refractivity contribution in [1.29, 1.82) is 0 Å². The molecular formula is C18H30N2O. The lowest BCUT2D eigenvalue weighted by Gasteiger charge is -2.23. The molecule has 21 heavy (non-hydrogen) atoms. The van der Waals surface area contributed by atoms with Crippen molar-refractivity contribution in [3.8, 4) is 0 Å². The first-order valence-electron chi connectivity index (χ1n) is 8.41. The molecule has 118 valence electrons. The van der Waals surface area contributed by atoms with E-state index in [-0.39, 0.29) is 0 Å². The zero-order valence-corrected chi connectivity index (χ0v) is 13.6. The van der Waals surface area contributed by atoms with Gasteiger partial charge in [0.05, 0.1) is 6.61 Å². The second-order valence-corrected chi connectivity index (χ2v) is 5.94. The minimum absolute atomic E-state index is 0.689. The normalized spacial score (nSPS) is 19.1. The van der Waals surface area contributed by atoms with Crippen LogP contribution in [0.25, 0.3) is 0 Å². The zero-order chi connectivity index (χ0) is 14.9. The van der Waals surface area contributed by atoms with Crippen molar-refractivity contribution >= 4 is 0 Å². The number of nitrogens with zero attached hydrogens (tertiary/aromatic N) is 1. The molecule has 0 spiro atoms. The Kier molecular flexibility index (Phi) is 7.20. The van der Waals surface area contributed by atoms with E-state index in [1.54, 1.807) is 0 Å². The highest BCUT2D eigenvalue weighted by molar-refractivity contribution is 5.27. The van der Waals surface area contributed by atoms with Crippen molar-refractivity contribution in [3.05, 3.63) is 35.4 Å². The summed E-state index contributed by atoms with van der Waals surface area (Å²) in [5.41, 5.74) is 2.88. The summed E-state index contributed by atoms with van der Waals surface area (Å²) in [6, 6.07) is 8.81. The van der Waals surface area contributed by atoms with Gasteiger partial charge in [0.2, 0.25) is 0 Å². The van der Waals surface area contributed by atoms with Gasteiger partial charge in [0, 0.05) is 26.2 Å². The molecule has 1 heterocycles. The molecule has 0 bridgehead atoms. The zero-order valence-electron chi connectivity index (χ0n) is 13.6. The summed E-state index contributed by atoms with van der Waals surface area (Å²) in [4.78, 5) is 2.47. The highest BCUT2D eigenvalue weighted by Crippen LogP contribution is 2.14. The summed E-state index contributed by atoms with van der Waals surface area (Å²) in [5, 5.41) is 3.62. The maximum absolute atomic E-state index is 5.54. The Morgan fingerprint density at radius 1 is 1.19 bits per heavy atom. The maximum atomic E-state index is 5.54. The van der Waals surface area contributed by atoms with E-state index in [2.05, 4.69) is 48.3 Å². The third-order valence-corrected chi connectivity index (χ3v) is 4.41. The summed E-state index contributed by atoms with van der Waals surface area (Å²) >= 11 is 0. The number of rotatable bonds is 8. The predicted octanol–water partition coefficient (Wildman–Crippen LogP) is 3.04. The molecule has 1 aliphatic rings. The molecule has 3 heteroatoms. The van der Waals surface area contributed by atoms with Crippen molar-refractivity contribution in [3.63, 3.8) is 0 Å². The molecule has 1 aromatic rings. The second-order valence-electron chi connectivity index (χ2n) is 5.94. The van der Waals surface area contributed by atoms with Crippen LogP contribution in [0, 0.1) is 5.92 Å². The minimum atomic E-state index is 0.689. The molecule has 1 saturated heterocycles. The molecule has 1 aromatic carbocycles. The first-order chi connectivity index (χ1) is 10.3. The highest BCUT2D eigenvalue weighted by atomic mass is 16.5. The number of ether oxygens (including phenoxy) is 1. The SMILES string of the molecule is CCN(CC)Cc1ccccc1CNCC1CCCOC1. The van der Waals surface area contributed by atoms with Gasteiger partial charge in [-0.15, -0.1) is 0 Å². The molecule has 0 aliphatic carbocycles. The van der Waals surface area contributed by atoms with Crippen LogP contribution in [0.2, 0.25) is 0 Å². The van der Waals surface area contributed by atoms with Crippen molar-refractivity contribution < 1.29 is 4.74 Å². The summed E-state index contributed by atoms with van der Waals surface area (Å²) in [5.74, 6) is 0.689. The van der Waals surface area contributed by atoms with E-state index in [9.17, 15) is 0 Å². The van der Waals surface area contributed by atoms with E-state index in [0.717, 1.165) is 45.9 Å². The van der Waals surface area contributed by atoms with Gasteiger partial charge < -0.3 is 10.1 Å². The topological polar surface area (TPSA) is 24.5 Å². The van der Waals surface area contributed by atoms with Crippen molar-refractivity contribution in [2.45, 2.75) is 39.8 Å². The van der Waals surface area contributed by atoms with Gasteiger partial charge in [-0.2, -0.15) is 0 Å². The number of hydrogen-bond acceptors (Lipinski definition) is 3. The molecule has 0 aromatic heterocycles. The number of hydrogen-bond donors (Lipinski definition) is 1. The largest absolute Gasteiger partial charge is 0.381 e. The smallest absolute Gasteiger partial charge is 0.0506 e. The molecule has 1 atom stereocenters. The van der Waals surface area contributed by atoms with Crippen molar-refractivity contribution in [2.75, 3.05) is 32.8 Å². The van der Waals surface area contributed by atoms with Gasteiger partial charge >= 0.3 is 0 Å². The molecule has 0 amide bonds. The van der Waals surface area contributed by atoms with Crippen LogP contribution in [0.1, 0.15) is 37.8 Å². The average molecular weight is 290 g/mol. The second kappa shape index (κ2) is 9.19. The fourth-order valence-electron chi connectivity index (χ4n) is 2.95. The van der Waals surface area contributed by atoms with Gasteiger partial charge in [0.25, 0.3) is 0 Å². The molecule has 0 radical (unpaired) electrons. The maximum Gasteiger partial charge on any atom is 0.0506 e. The van der Waals surface area contributed by atoms with E-state index in [4.69, 9.17) is 4.74 Å². The fourth-order valence-corrected chi connectivity index (χ4v) is 2.95. The van der Waals surface area contributed by atoms with Crippen LogP contribution in [0.3, 0.4) is 0 Å². The van der Waals surface area contributed by atoms with Crippen molar-refractivity contribution in [2.24, 2.45) is 5.92 Å². The van der Waals surface area contributed by atoms with Gasteiger partial charge in [-0.05, 0) is 43.0 Å². The highest BCUT2D eigenvalue weighted by Gasteiger charge is 2.13. The predicted molar refractivity (Wildman–Crippen MR) is 88.3 cm³/mol. The number of nitrogens with one attached hydrogen (secondary N) is 1. The molecular weight excluding hydrogens is 260 g/mol. The Morgan fingerprint density at radius 2 is 1.95 bits per heavy atom. The van der Waals surface area contributed by atoms with E-state index < -0.39 is 0 Å². The molecule has 3 nitrogen and oxygen atoms in total. The first-order valence-corrected chi connectivity index (χ1v) is 8.41. The summed E-state index contributed by atoms with van der Waals surface area (Å²) in [7, 11) is 0. The van der Waals surface area contributed by atoms with Crippen LogP contribution in [0.5, 0.6) is 0 Å². The molecule has 0 saturated carbocycles. The lowest BCUT2D eigenvalue weighted by atomic mass is 10.0. The quantitative estimate of drug-likeness (QED) is 0.796. The summed E-state index contributed by atoms with van der Waals surface area (Å²) < 4.78 is 5.54. The van der Waals surface area contributed by atoms with E-state index >= 15 is 0 Å². The average Bonchev–Trinajstić information content (AvgIpc) is 2.55. The van der Waals surface area contributed by atoms with Gasteiger partial charge in [-0.3, -0.25) is 4.90 Å². The molecule has 1 unspecified atom stereocenters. The third kappa shape index (κ3) is 5.42. The standard InChI is InChI=1S/C18H30N2O/c1-3-20(4-2)14-18-10-6-5-9-17(18)13-19-12-16-8-7-11-21-15-16/h5-6,9-10,16,19H,3-4,7-8,11-15H2,1-2H3. The fraction of sp³-hybridized carbons (Fsp3) is 0.667. The van der Waals surface area contributed by atoms with Crippen molar-refractivity contribution in [1.82, 2.24) is 10.2 Å². The van der Waals surface area contributed by atoms with Crippen LogP contribution in [0.15, 0.2) is 24.3 Å². The van der Waals surface area contributed by atoms with Gasteiger partial charge in [-0.1, -0.05) is 38.1 Å². The van der Waals surface area contributed by atoms with Crippen LogP contribution in [-0.4, -0.2) is 37.7 Å². The Morgan fingerprint density at radius 3 is 2.62 bits per heavy atom. The lowest BCUT2D eigenvalue weighted by molar-refractivity contribution is 0.0547. The Labute approximate surface area is 129 Å². The first kappa shape index (κ1) is 16.5. The van der Waals surface area contributed by atoms with E-state index in [1.165, 1.54) is 24.0 Å². The van der Waals surface area contributed by atoms with Crippen LogP contribution >= 0.6 is 0 Å². The molecule has 2 rings (SSSR count). The van der Waals surface area contributed by atoms with Gasteiger partial charge in [-0.25, -0.2) is 0 Å². The minimum Gasteiger partial charge on any atom is -0.381 e. The Balaban J connectivity index is 1.84. The molecule has 1 aliphatic heterocycles. The van der Waals surface area contributed by atoms with Crippen LogP contribution in [-0.2, 0) is 17.8 Å². The monoisotopic (exact) mass is 290 g/mol. The third-order valence-electron chi connectivity index (χ3n) is 4.41. The van der Waals surface area contributed by atoms with Gasteiger partial charge in [0.1, 0.15) is 0 Å². The van der Waals surface area contributed by atoms with Crippen LogP contribution < -0.4 is 5.32 Å². The summed E-state index contributed by atoms with van der Waals surface area (Å²) in [6.45, 7) is 11.6. The van der Waals surface area contributed by atoms with E-state index in [1.807, 2.05) is 0 Å².